The van der Waals surface area contributed by atoms with Crippen LogP contribution in [0.1, 0.15) is 66.2 Å². The van der Waals surface area contributed by atoms with Crippen molar-refractivity contribution in [2.75, 3.05) is 13.7 Å². The van der Waals surface area contributed by atoms with Gasteiger partial charge >= 0.3 is 5.97 Å². The molecule has 0 spiro atoms. The van der Waals surface area contributed by atoms with E-state index in [1.165, 1.54) is 7.11 Å². The molecule has 0 aromatic rings. The van der Waals surface area contributed by atoms with Crippen molar-refractivity contribution in [2.24, 2.45) is 10.8 Å². The van der Waals surface area contributed by atoms with Gasteiger partial charge in [-0.25, -0.2) is 4.79 Å². The fourth-order valence-electron chi connectivity index (χ4n) is 4.34. The first-order valence-electron chi connectivity index (χ1n) is 9.82. The molecule has 0 radical (unpaired) electrons. The predicted octanol–water partition coefficient (Wildman–Crippen LogP) is 5.04. The number of allylic oxidation sites excluding steroid dienone is 1. The summed E-state index contributed by atoms with van der Waals surface area (Å²) in [6, 6.07) is 0. The number of ketones is 1. The average molecular weight is 381 g/mol. The number of fused-ring (bicyclic) bond motifs is 1. The van der Waals surface area contributed by atoms with Gasteiger partial charge in [-0.15, -0.1) is 0 Å². The van der Waals surface area contributed by atoms with Crippen molar-refractivity contribution in [1.82, 2.24) is 0 Å². The monoisotopic (exact) mass is 380 g/mol. The summed E-state index contributed by atoms with van der Waals surface area (Å²) < 4.78 is 11.5. The highest BCUT2D eigenvalue weighted by Gasteiger charge is 2.56. The molecule has 148 valence electrons. The van der Waals surface area contributed by atoms with E-state index in [0.717, 1.165) is 31.3 Å². The van der Waals surface area contributed by atoms with E-state index in [2.05, 4.69) is 40.8 Å². The molecule has 0 bridgehead atoms. The van der Waals surface area contributed by atoms with Gasteiger partial charge in [0.1, 0.15) is 5.78 Å². The maximum atomic E-state index is 12.4. The van der Waals surface area contributed by atoms with Crippen molar-refractivity contribution in [3.05, 3.63) is 11.6 Å². The van der Waals surface area contributed by atoms with Gasteiger partial charge in [0.05, 0.1) is 7.11 Å². The lowest BCUT2D eigenvalue weighted by molar-refractivity contribution is -0.136. The third-order valence-electron chi connectivity index (χ3n) is 7.42. The summed E-state index contributed by atoms with van der Waals surface area (Å²) in [6.45, 7) is 14.2. The standard InChI is InChI=1S/C21H36O4Si/c1-19(2,3)26(6,7)25-15-21-11-8-9-16(13-18(23)24-5)20(21,4)14-17(22)10-12-21/h13H,8-12,14-15H2,1-7H3/b16-13+/t20-,21-/m1/s1. The first-order chi connectivity index (χ1) is 11.9. The molecule has 0 saturated heterocycles. The number of ether oxygens (including phenoxy) is 1. The van der Waals surface area contributed by atoms with E-state index in [4.69, 9.17) is 9.16 Å². The first-order valence-corrected chi connectivity index (χ1v) is 12.7. The topological polar surface area (TPSA) is 52.6 Å². The first kappa shape index (κ1) is 21.4. The van der Waals surface area contributed by atoms with Crippen LogP contribution in [0.15, 0.2) is 11.6 Å². The second-order valence-corrected chi connectivity index (χ2v) is 14.7. The molecular weight excluding hydrogens is 344 g/mol. The second kappa shape index (κ2) is 7.23. The van der Waals surface area contributed by atoms with E-state index in [0.29, 0.717) is 25.2 Å². The number of carbonyl (C=O) groups is 2. The summed E-state index contributed by atoms with van der Waals surface area (Å²) in [5, 5.41) is 0.157. The SMILES string of the molecule is COC(=O)/C=C1\CCC[C@]2(CO[Si](C)(C)C(C)(C)C)CCC(=O)C[C@]12C. The molecule has 2 atom stereocenters. The van der Waals surface area contributed by atoms with Crippen LogP contribution < -0.4 is 0 Å². The lowest BCUT2D eigenvalue weighted by Crippen LogP contribution is -2.54. The Kier molecular flexibility index (Phi) is 5.94. The van der Waals surface area contributed by atoms with Gasteiger partial charge in [0.25, 0.3) is 0 Å². The highest BCUT2D eigenvalue weighted by molar-refractivity contribution is 6.74. The van der Waals surface area contributed by atoms with Crippen LogP contribution in [-0.4, -0.2) is 33.8 Å². The summed E-state index contributed by atoms with van der Waals surface area (Å²) in [5.41, 5.74) is 0.702. The fraction of sp³-hybridized carbons (Fsp3) is 0.810. The van der Waals surface area contributed by atoms with E-state index in [9.17, 15) is 9.59 Å². The quantitative estimate of drug-likeness (QED) is 0.390. The van der Waals surface area contributed by atoms with Crippen LogP contribution in [0.4, 0.5) is 0 Å². The van der Waals surface area contributed by atoms with Gasteiger partial charge in [-0.05, 0) is 43.8 Å². The Hall–Kier alpha value is -0.943. The molecule has 0 heterocycles. The van der Waals surface area contributed by atoms with Crippen molar-refractivity contribution < 1.29 is 18.8 Å². The molecule has 0 unspecified atom stereocenters. The van der Waals surface area contributed by atoms with Crippen molar-refractivity contribution >= 4 is 20.1 Å². The van der Waals surface area contributed by atoms with E-state index in [-0.39, 0.29) is 21.8 Å². The lowest BCUT2D eigenvalue weighted by Gasteiger charge is -2.57. The average Bonchev–Trinajstić information content (AvgIpc) is 2.53. The minimum Gasteiger partial charge on any atom is -0.466 e. The molecule has 0 aliphatic heterocycles. The lowest BCUT2D eigenvalue weighted by atomic mass is 9.49. The molecular formula is C21H36O4Si. The summed E-state index contributed by atoms with van der Waals surface area (Å²) in [4.78, 5) is 24.3. The van der Waals surface area contributed by atoms with Crippen LogP contribution in [0.3, 0.4) is 0 Å². The van der Waals surface area contributed by atoms with E-state index in [1.807, 2.05) is 0 Å². The number of hydrogen-bond donors (Lipinski definition) is 0. The van der Waals surface area contributed by atoms with Gasteiger partial charge in [0.15, 0.2) is 8.32 Å². The normalized spacial score (nSPS) is 31.7. The molecule has 5 heteroatoms. The number of rotatable bonds is 4. The molecule has 4 nitrogen and oxygen atoms in total. The Bertz CT molecular complexity index is 602. The Balaban J connectivity index is 2.38. The number of Topliss-reactive ketones (excluding diaryl/α,β-unsaturated/α-hetero) is 1. The van der Waals surface area contributed by atoms with Crippen LogP contribution in [0.2, 0.25) is 18.1 Å². The zero-order chi connectivity index (χ0) is 19.8. The highest BCUT2D eigenvalue weighted by Crippen LogP contribution is 2.61. The maximum Gasteiger partial charge on any atom is 0.330 e. The van der Waals surface area contributed by atoms with Crippen molar-refractivity contribution in [1.29, 1.82) is 0 Å². The van der Waals surface area contributed by atoms with Crippen LogP contribution >= 0.6 is 0 Å². The van der Waals surface area contributed by atoms with Crippen LogP contribution in [0.25, 0.3) is 0 Å². The summed E-state index contributed by atoms with van der Waals surface area (Å²) in [6.07, 6.45) is 6.59. The third kappa shape index (κ3) is 3.84. The van der Waals surface area contributed by atoms with Gasteiger partial charge in [0, 0.05) is 36.4 Å². The number of hydrogen-bond acceptors (Lipinski definition) is 4. The van der Waals surface area contributed by atoms with E-state index in [1.54, 1.807) is 6.08 Å². The third-order valence-corrected chi connectivity index (χ3v) is 11.9. The van der Waals surface area contributed by atoms with Gasteiger partial charge in [-0.3, -0.25) is 4.79 Å². The van der Waals surface area contributed by atoms with Crippen molar-refractivity contribution in [3.8, 4) is 0 Å². The minimum absolute atomic E-state index is 0.0610. The molecule has 0 amide bonds. The predicted molar refractivity (Wildman–Crippen MR) is 106 cm³/mol. The van der Waals surface area contributed by atoms with Crippen molar-refractivity contribution in [3.63, 3.8) is 0 Å². The van der Waals surface area contributed by atoms with Gasteiger partial charge < -0.3 is 9.16 Å². The molecule has 2 aliphatic carbocycles. The summed E-state index contributed by atoms with van der Waals surface area (Å²) >= 11 is 0. The molecule has 26 heavy (non-hydrogen) atoms. The zero-order valence-corrected chi connectivity index (χ0v) is 18.7. The largest absolute Gasteiger partial charge is 0.466 e. The molecule has 0 aromatic heterocycles. The Morgan fingerprint density at radius 2 is 1.88 bits per heavy atom. The molecule has 0 N–H and O–H groups in total. The Labute approximate surface area is 159 Å². The Morgan fingerprint density at radius 1 is 1.23 bits per heavy atom. The minimum atomic E-state index is -1.88. The maximum absolute atomic E-state index is 12.4. The number of esters is 1. The van der Waals surface area contributed by atoms with E-state index < -0.39 is 8.32 Å². The molecule has 0 aromatic carbocycles. The fourth-order valence-corrected chi connectivity index (χ4v) is 5.41. The van der Waals surface area contributed by atoms with Gasteiger partial charge in [-0.1, -0.05) is 33.3 Å². The van der Waals surface area contributed by atoms with Gasteiger partial charge in [0.2, 0.25) is 0 Å². The van der Waals surface area contributed by atoms with E-state index >= 15 is 0 Å². The van der Waals surface area contributed by atoms with Crippen LogP contribution in [-0.2, 0) is 18.8 Å². The summed E-state index contributed by atoms with van der Waals surface area (Å²) in [7, 11) is -0.470. The highest BCUT2D eigenvalue weighted by atomic mass is 28.4. The molecule has 2 rings (SSSR count). The number of carbonyl (C=O) groups excluding carboxylic acids is 2. The zero-order valence-electron chi connectivity index (χ0n) is 17.7. The van der Waals surface area contributed by atoms with Crippen LogP contribution in [0, 0.1) is 10.8 Å². The smallest absolute Gasteiger partial charge is 0.330 e. The van der Waals surface area contributed by atoms with Crippen molar-refractivity contribution in [2.45, 2.75) is 84.4 Å². The number of methoxy groups -OCH3 is 1. The summed E-state index contributed by atoms with van der Waals surface area (Å²) in [5.74, 6) is -0.0199. The molecule has 2 fully saturated rings. The molecule has 2 saturated carbocycles. The Morgan fingerprint density at radius 3 is 2.46 bits per heavy atom. The van der Waals surface area contributed by atoms with Gasteiger partial charge in [-0.2, -0.15) is 0 Å². The molecule has 2 aliphatic rings. The van der Waals surface area contributed by atoms with Crippen LogP contribution in [0.5, 0.6) is 0 Å². The second-order valence-electron chi connectivity index (χ2n) is 9.92.